The molecule has 6 aliphatic rings. The number of aliphatic hydroxyl groups is 1. The lowest BCUT2D eigenvalue weighted by Gasteiger charge is -2.62. The van der Waals surface area contributed by atoms with Gasteiger partial charge in [0, 0.05) is 16.9 Å². The second-order valence-corrected chi connectivity index (χ2v) is 10.2. The molecule has 5 heteroatoms. The van der Waals surface area contributed by atoms with Crippen LogP contribution >= 0.6 is 0 Å². The number of fused-ring (bicyclic) bond motifs is 4. The van der Waals surface area contributed by atoms with Gasteiger partial charge in [0.2, 0.25) is 0 Å². The normalized spacial score (nSPS) is 59.1. The predicted molar refractivity (Wildman–Crippen MR) is 92.2 cm³/mol. The topological polar surface area (TPSA) is 68.3 Å². The van der Waals surface area contributed by atoms with Crippen molar-refractivity contribution in [1.82, 2.24) is 0 Å². The molecule has 1 spiro atoms. The summed E-state index contributed by atoms with van der Waals surface area (Å²) in [5, 5.41) is 11.5. The molecule has 6 rings (SSSR count). The Kier molecular flexibility index (Phi) is 2.62. The van der Waals surface area contributed by atoms with Crippen molar-refractivity contribution in [2.24, 2.45) is 28.6 Å². The average molecular weight is 360 g/mol. The highest BCUT2D eigenvalue weighted by atomic mass is 16.6. The van der Waals surface area contributed by atoms with E-state index < -0.39 is 17.3 Å². The number of carbonyl (C=O) groups excluding carboxylic acids is 1. The predicted octanol–water partition coefficient (Wildman–Crippen LogP) is 2.22. The molecular weight excluding hydrogens is 332 g/mol. The molecule has 142 valence electrons. The van der Waals surface area contributed by atoms with Crippen LogP contribution in [0, 0.1) is 28.6 Å². The highest BCUT2D eigenvalue weighted by Gasteiger charge is 2.91. The fraction of sp³-hybridized carbons (Fsp3) is 0.857. The molecule has 3 aliphatic heterocycles. The maximum absolute atomic E-state index is 12.1. The number of hydrogen-bond acceptors (Lipinski definition) is 5. The van der Waals surface area contributed by atoms with E-state index in [-0.39, 0.29) is 34.7 Å². The quantitative estimate of drug-likeness (QED) is 0.574. The zero-order valence-corrected chi connectivity index (χ0v) is 16.0. The third kappa shape index (κ3) is 1.33. The second-order valence-electron chi connectivity index (χ2n) is 10.2. The fourth-order valence-corrected chi connectivity index (χ4v) is 7.95. The van der Waals surface area contributed by atoms with Gasteiger partial charge in [-0.2, -0.15) is 0 Å². The zero-order valence-electron chi connectivity index (χ0n) is 16.0. The molecular formula is C21H28O5. The first-order valence-electron chi connectivity index (χ1n) is 10.1. The van der Waals surface area contributed by atoms with E-state index in [1.807, 2.05) is 0 Å². The first-order chi connectivity index (χ1) is 12.2. The Balaban J connectivity index is 1.48. The van der Waals surface area contributed by atoms with Crippen LogP contribution in [0.25, 0.3) is 0 Å². The summed E-state index contributed by atoms with van der Waals surface area (Å²) in [5.74, 6) is 0.807. The summed E-state index contributed by atoms with van der Waals surface area (Å²) in [6.45, 7) is 9.79. The molecule has 1 N–H and O–H groups in total. The lowest BCUT2D eigenvalue weighted by Crippen LogP contribution is -2.70. The van der Waals surface area contributed by atoms with E-state index in [1.54, 1.807) is 0 Å². The van der Waals surface area contributed by atoms with Crippen LogP contribution < -0.4 is 0 Å². The van der Waals surface area contributed by atoms with Crippen molar-refractivity contribution in [3.63, 3.8) is 0 Å². The summed E-state index contributed by atoms with van der Waals surface area (Å²) in [4.78, 5) is 12.1. The number of carbonyl (C=O) groups is 1. The van der Waals surface area contributed by atoms with Crippen molar-refractivity contribution in [3.8, 4) is 0 Å². The lowest BCUT2D eigenvalue weighted by molar-refractivity contribution is -0.266. The SMILES string of the molecule is CC(C)[C@]12O[C@H]1[C@@H]1C[C@@]13[C@@]1(C)CCC4=C(COC4=O)[C@@H]1CO[C@]3(C)[C@@H]2O. The standard InChI is InChI=1S/C21H28O5/c1-10(2)21-15(26-21)13-7-20(13)18(3)6-5-11-12(8-24-16(11)22)14(18)9-25-19(20,4)17(21)23/h10,13-15,17,23H,5-9H2,1-4H3/t13-,14-,15-,17-,18-,19+,20-,21-/m0/s1. The molecule has 5 nitrogen and oxygen atoms in total. The largest absolute Gasteiger partial charge is 0.458 e. The molecule has 3 aliphatic carbocycles. The zero-order chi connectivity index (χ0) is 18.3. The maximum Gasteiger partial charge on any atom is 0.334 e. The van der Waals surface area contributed by atoms with Crippen molar-refractivity contribution in [2.75, 3.05) is 13.2 Å². The van der Waals surface area contributed by atoms with E-state index in [4.69, 9.17) is 14.2 Å². The molecule has 0 radical (unpaired) electrons. The number of esters is 1. The minimum absolute atomic E-state index is 0.0214. The van der Waals surface area contributed by atoms with Gasteiger partial charge < -0.3 is 19.3 Å². The molecule has 2 saturated carbocycles. The van der Waals surface area contributed by atoms with Crippen molar-refractivity contribution >= 4 is 5.97 Å². The van der Waals surface area contributed by atoms with Crippen LogP contribution in [0.4, 0.5) is 0 Å². The Labute approximate surface area is 154 Å². The van der Waals surface area contributed by atoms with E-state index in [2.05, 4.69) is 27.7 Å². The van der Waals surface area contributed by atoms with Crippen LogP contribution in [-0.2, 0) is 19.0 Å². The van der Waals surface area contributed by atoms with Crippen LogP contribution in [-0.4, -0.2) is 47.7 Å². The van der Waals surface area contributed by atoms with E-state index in [0.717, 1.165) is 30.4 Å². The summed E-state index contributed by atoms with van der Waals surface area (Å²) in [6.07, 6.45) is 2.37. The molecule has 0 amide bonds. The van der Waals surface area contributed by atoms with E-state index in [0.29, 0.717) is 19.1 Å². The summed E-state index contributed by atoms with van der Waals surface area (Å²) in [7, 11) is 0. The smallest absolute Gasteiger partial charge is 0.334 e. The number of aliphatic hydroxyl groups excluding tert-OH is 1. The second kappa shape index (κ2) is 4.23. The Bertz CT molecular complexity index is 772. The monoisotopic (exact) mass is 360 g/mol. The molecule has 26 heavy (non-hydrogen) atoms. The van der Waals surface area contributed by atoms with Crippen LogP contribution in [0.2, 0.25) is 0 Å². The van der Waals surface area contributed by atoms with Crippen LogP contribution in [0.1, 0.15) is 47.0 Å². The molecule has 0 aromatic rings. The van der Waals surface area contributed by atoms with E-state index >= 15 is 0 Å². The van der Waals surface area contributed by atoms with Gasteiger partial charge in [-0.15, -0.1) is 0 Å². The summed E-state index contributed by atoms with van der Waals surface area (Å²) >= 11 is 0. The number of epoxide rings is 1. The summed E-state index contributed by atoms with van der Waals surface area (Å²) < 4.78 is 18.2. The number of hydrogen-bond donors (Lipinski definition) is 1. The van der Waals surface area contributed by atoms with E-state index in [9.17, 15) is 9.90 Å². The first kappa shape index (κ1) is 16.1. The Morgan fingerprint density at radius 3 is 2.77 bits per heavy atom. The van der Waals surface area contributed by atoms with Gasteiger partial charge in [0.15, 0.2) is 0 Å². The molecule has 0 unspecified atom stereocenters. The van der Waals surface area contributed by atoms with Gasteiger partial charge in [-0.1, -0.05) is 20.8 Å². The highest BCUT2D eigenvalue weighted by molar-refractivity contribution is 5.92. The van der Waals surface area contributed by atoms with Gasteiger partial charge in [-0.05, 0) is 49.0 Å². The number of cyclic esters (lactones) is 1. The molecule has 4 fully saturated rings. The molecule has 3 heterocycles. The van der Waals surface area contributed by atoms with Crippen molar-refractivity contribution in [2.45, 2.75) is 70.4 Å². The van der Waals surface area contributed by atoms with Gasteiger partial charge in [0.05, 0.1) is 12.7 Å². The first-order valence-corrected chi connectivity index (χ1v) is 10.1. The van der Waals surface area contributed by atoms with Crippen LogP contribution in [0.15, 0.2) is 11.1 Å². The molecule has 0 aromatic carbocycles. The summed E-state index contributed by atoms with van der Waals surface area (Å²) in [5.41, 5.74) is 0.997. The minimum Gasteiger partial charge on any atom is -0.458 e. The Hall–Kier alpha value is -0.910. The van der Waals surface area contributed by atoms with Crippen molar-refractivity contribution in [1.29, 1.82) is 0 Å². The molecule has 0 bridgehead atoms. The molecule has 0 aromatic heterocycles. The minimum atomic E-state index is -0.603. The number of rotatable bonds is 1. The van der Waals surface area contributed by atoms with Crippen molar-refractivity contribution in [3.05, 3.63) is 11.1 Å². The Morgan fingerprint density at radius 2 is 2.04 bits per heavy atom. The third-order valence-corrected chi connectivity index (χ3v) is 9.48. The Morgan fingerprint density at radius 1 is 1.27 bits per heavy atom. The highest BCUT2D eigenvalue weighted by Crippen LogP contribution is 2.84. The third-order valence-electron chi connectivity index (χ3n) is 9.48. The van der Waals surface area contributed by atoms with Gasteiger partial charge in [0.1, 0.15) is 23.9 Å². The van der Waals surface area contributed by atoms with E-state index in [1.165, 1.54) is 0 Å². The average Bonchev–Trinajstić information content (AvgIpc) is 3.46. The lowest BCUT2D eigenvalue weighted by atomic mass is 9.48. The van der Waals surface area contributed by atoms with Gasteiger partial charge in [0.25, 0.3) is 0 Å². The maximum atomic E-state index is 12.1. The van der Waals surface area contributed by atoms with Crippen molar-refractivity contribution < 1.29 is 24.1 Å². The molecule has 8 atom stereocenters. The van der Waals surface area contributed by atoms with Crippen LogP contribution in [0.3, 0.4) is 0 Å². The van der Waals surface area contributed by atoms with Crippen LogP contribution in [0.5, 0.6) is 0 Å². The summed E-state index contributed by atoms with van der Waals surface area (Å²) in [6, 6.07) is 0. The van der Waals surface area contributed by atoms with Gasteiger partial charge in [-0.3, -0.25) is 0 Å². The fourth-order valence-electron chi connectivity index (χ4n) is 7.95. The number of ether oxygens (including phenoxy) is 3. The molecule has 2 saturated heterocycles. The van der Waals surface area contributed by atoms with Gasteiger partial charge >= 0.3 is 5.97 Å². The van der Waals surface area contributed by atoms with Gasteiger partial charge in [-0.25, -0.2) is 4.79 Å².